The van der Waals surface area contributed by atoms with E-state index in [0.717, 1.165) is 26.3 Å². The van der Waals surface area contributed by atoms with Crippen molar-refractivity contribution in [1.29, 1.82) is 0 Å². The van der Waals surface area contributed by atoms with Crippen LogP contribution < -0.4 is 5.32 Å². The van der Waals surface area contributed by atoms with Crippen molar-refractivity contribution in [3.63, 3.8) is 0 Å². The summed E-state index contributed by atoms with van der Waals surface area (Å²) in [6, 6.07) is 1.14. The van der Waals surface area contributed by atoms with Gasteiger partial charge in [0.1, 0.15) is 0 Å². The van der Waals surface area contributed by atoms with Crippen molar-refractivity contribution in [1.82, 2.24) is 10.2 Å². The van der Waals surface area contributed by atoms with Crippen LogP contribution in [0.3, 0.4) is 0 Å². The number of morpholine rings is 1. The molecule has 0 spiro atoms. The number of nitrogens with one attached hydrogen (secondary N) is 1. The van der Waals surface area contributed by atoms with E-state index in [-0.39, 0.29) is 0 Å². The van der Waals surface area contributed by atoms with E-state index in [0.29, 0.717) is 12.1 Å². The molecule has 1 N–H and O–H groups in total. The number of unbranched alkanes of at least 4 members (excludes halogenated alkanes) is 4. The van der Waals surface area contributed by atoms with Crippen LogP contribution in [0.5, 0.6) is 0 Å². The van der Waals surface area contributed by atoms with Gasteiger partial charge in [-0.15, -0.1) is 0 Å². The quantitative estimate of drug-likeness (QED) is 0.642. The Hall–Kier alpha value is -0.120. The van der Waals surface area contributed by atoms with Gasteiger partial charge in [0.25, 0.3) is 0 Å². The van der Waals surface area contributed by atoms with E-state index in [1.165, 1.54) is 38.6 Å². The summed E-state index contributed by atoms with van der Waals surface area (Å²) in [5, 5.41) is 3.53. The smallest absolute Gasteiger partial charge is 0.0634 e. The normalized spacial score (nSPS) is 21.7. The first-order valence-corrected chi connectivity index (χ1v) is 7.79. The summed E-state index contributed by atoms with van der Waals surface area (Å²) in [6.07, 6.45) is 6.85. The molecule has 3 nitrogen and oxygen atoms in total. The van der Waals surface area contributed by atoms with E-state index in [4.69, 9.17) is 4.74 Å². The van der Waals surface area contributed by atoms with Gasteiger partial charge in [0.05, 0.1) is 13.2 Å². The van der Waals surface area contributed by atoms with Crippen molar-refractivity contribution in [2.45, 2.75) is 65.0 Å². The zero-order valence-corrected chi connectivity index (χ0v) is 12.6. The number of hydrogen-bond acceptors (Lipinski definition) is 3. The zero-order valence-electron chi connectivity index (χ0n) is 12.6. The Morgan fingerprint density at radius 2 is 2.00 bits per heavy atom. The maximum Gasteiger partial charge on any atom is 0.0634 e. The highest BCUT2D eigenvalue weighted by Crippen LogP contribution is 2.10. The SMILES string of the molecule is CCCCCCCN1CCOCC1CNC(C)C. The Morgan fingerprint density at radius 1 is 1.22 bits per heavy atom. The van der Waals surface area contributed by atoms with Gasteiger partial charge in [0, 0.05) is 25.2 Å². The second-order valence-electron chi connectivity index (χ2n) is 5.74. The molecule has 1 fully saturated rings. The van der Waals surface area contributed by atoms with Crippen molar-refractivity contribution in [2.24, 2.45) is 0 Å². The van der Waals surface area contributed by atoms with Crippen LogP contribution in [0.2, 0.25) is 0 Å². The molecule has 1 saturated heterocycles. The van der Waals surface area contributed by atoms with Gasteiger partial charge in [-0.2, -0.15) is 0 Å². The number of rotatable bonds is 9. The molecule has 3 heteroatoms. The highest BCUT2D eigenvalue weighted by Gasteiger charge is 2.22. The van der Waals surface area contributed by atoms with Gasteiger partial charge < -0.3 is 10.1 Å². The van der Waals surface area contributed by atoms with Crippen LogP contribution in [0.15, 0.2) is 0 Å². The largest absolute Gasteiger partial charge is 0.378 e. The predicted octanol–water partition coefficient (Wildman–Crippen LogP) is 2.66. The van der Waals surface area contributed by atoms with E-state index in [1.807, 2.05) is 0 Å². The molecule has 18 heavy (non-hydrogen) atoms. The molecule has 1 aliphatic heterocycles. The predicted molar refractivity (Wildman–Crippen MR) is 78.1 cm³/mol. The molecular formula is C15H32N2O. The summed E-state index contributed by atoms with van der Waals surface area (Å²) in [7, 11) is 0. The fourth-order valence-corrected chi connectivity index (χ4v) is 2.46. The fraction of sp³-hybridized carbons (Fsp3) is 1.00. The number of hydrogen-bond donors (Lipinski definition) is 1. The highest BCUT2D eigenvalue weighted by molar-refractivity contribution is 4.78. The lowest BCUT2D eigenvalue weighted by atomic mass is 10.1. The molecule has 0 aromatic carbocycles. The highest BCUT2D eigenvalue weighted by atomic mass is 16.5. The molecule has 0 radical (unpaired) electrons. The van der Waals surface area contributed by atoms with Crippen LogP contribution in [0.1, 0.15) is 52.9 Å². The van der Waals surface area contributed by atoms with E-state index in [2.05, 4.69) is 31.0 Å². The van der Waals surface area contributed by atoms with Gasteiger partial charge in [-0.1, -0.05) is 46.5 Å². The van der Waals surface area contributed by atoms with Crippen molar-refractivity contribution in [3.8, 4) is 0 Å². The molecule has 0 amide bonds. The van der Waals surface area contributed by atoms with Crippen LogP contribution in [0.25, 0.3) is 0 Å². The molecule has 0 saturated carbocycles. The maximum absolute atomic E-state index is 5.61. The summed E-state index contributed by atoms with van der Waals surface area (Å²) in [5.74, 6) is 0. The molecular weight excluding hydrogens is 224 g/mol. The first-order chi connectivity index (χ1) is 8.74. The Labute approximate surface area is 113 Å². The Morgan fingerprint density at radius 3 is 2.72 bits per heavy atom. The standard InChI is InChI=1S/C15H32N2O/c1-4-5-6-7-8-9-17-10-11-18-13-15(17)12-16-14(2)3/h14-16H,4-13H2,1-3H3. The molecule has 1 unspecified atom stereocenters. The number of ether oxygens (including phenoxy) is 1. The molecule has 1 heterocycles. The lowest BCUT2D eigenvalue weighted by Crippen LogP contribution is -2.51. The second kappa shape index (κ2) is 9.76. The lowest BCUT2D eigenvalue weighted by molar-refractivity contribution is -0.00797. The van der Waals surface area contributed by atoms with Gasteiger partial charge in [-0.25, -0.2) is 0 Å². The van der Waals surface area contributed by atoms with Gasteiger partial charge in [-0.3, -0.25) is 4.90 Å². The van der Waals surface area contributed by atoms with E-state index < -0.39 is 0 Å². The molecule has 0 bridgehead atoms. The summed E-state index contributed by atoms with van der Waals surface area (Å²) < 4.78 is 5.61. The monoisotopic (exact) mass is 256 g/mol. The zero-order chi connectivity index (χ0) is 13.2. The van der Waals surface area contributed by atoms with Gasteiger partial charge in [0.15, 0.2) is 0 Å². The summed E-state index contributed by atoms with van der Waals surface area (Å²) >= 11 is 0. The Bertz CT molecular complexity index is 197. The average molecular weight is 256 g/mol. The minimum absolute atomic E-state index is 0.568. The minimum Gasteiger partial charge on any atom is -0.378 e. The molecule has 0 aromatic heterocycles. The molecule has 0 aliphatic carbocycles. The summed E-state index contributed by atoms with van der Waals surface area (Å²) in [5.41, 5.74) is 0. The van der Waals surface area contributed by atoms with Crippen LogP contribution in [-0.4, -0.2) is 49.8 Å². The first-order valence-electron chi connectivity index (χ1n) is 7.79. The second-order valence-corrected chi connectivity index (χ2v) is 5.74. The van der Waals surface area contributed by atoms with E-state index in [1.54, 1.807) is 0 Å². The van der Waals surface area contributed by atoms with Gasteiger partial charge in [-0.05, 0) is 13.0 Å². The Balaban J connectivity index is 2.17. The van der Waals surface area contributed by atoms with Crippen LogP contribution >= 0.6 is 0 Å². The van der Waals surface area contributed by atoms with Crippen LogP contribution in [0, 0.1) is 0 Å². The third-order valence-corrected chi connectivity index (χ3v) is 3.66. The van der Waals surface area contributed by atoms with Crippen LogP contribution in [0.4, 0.5) is 0 Å². The number of nitrogens with zero attached hydrogens (tertiary/aromatic N) is 1. The van der Waals surface area contributed by atoms with Crippen LogP contribution in [-0.2, 0) is 4.74 Å². The molecule has 108 valence electrons. The van der Waals surface area contributed by atoms with Crippen molar-refractivity contribution < 1.29 is 4.74 Å². The molecule has 1 aliphatic rings. The van der Waals surface area contributed by atoms with Crippen molar-refractivity contribution >= 4 is 0 Å². The Kier molecular flexibility index (Phi) is 8.64. The summed E-state index contributed by atoms with van der Waals surface area (Å²) in [4.78, 5) is 2.62. The van der Waals surface area contributed by atoms with E-state index >= 15 is 0 Å². The first kappa shape index (κ1) is 15.9. The fourth-order valence-electron chi connectivity index (χ4n) is 2.46. The molecule has 1 rings (SSSR count). The maximum atomic E-state index is 5.61. The topological polar surface area (TPSA) is 24.5 Å². The third kappa shape index (κ3) is 6.72. The minimum atomic E-state index is 0.568. The summed E-state index contributed by atoms with van der Waals surface area (Å²) in [6.45, 7) is 11.9. The van der Waals surface area contributed by atoms with Crippen molar-refractivity contribution in [3.05, 3.63) is 0 Å². The average Bonchev–Trinajstić information content (AvgIpc) is 2.37. The molecule has 0 aromatic rings. The molecule has 1 atom stereocenters. The van der Waals surface area contributed by atoms with Gasteiger partial charge in [0.2, 0.25) is 0 Å². The van der Waals surface area contributed by atoms with E-state index in [9.17, 15) is 0 Å². The lowest BCUT2D eigenvalue weighted by Gasteiger charge is -2.36. The third-order valence-electron chi connectivity index (χ3n) is 3.66. The van der Waals surface area contributed by atoms with Crippen molar-refractivity contribution in [2.75, 3.05) is 32.8 Å². The van der Waals surface area contributed by atoms with Gasteiger partial charge >= 0.3 is 0 Å².